The molecule has 0 aliphatic heterocycles. The van der Waals surface area contributed by atoms with Gasteiger partial charge in [0.1, 0.15) is 28.5 Å². The van der Waals surface area contributed by atoms with Crippen LogP contribution in [-0.2, 0) is 54.1 Å². The van der Waals surface area contributed by atoms with E-state index in [0.29, 0.717) is 67.9 Å². The zero-order valence-corrected chi connectivity index (χ0v) is 44.7. The van der Waals surface area contributed by atoms with Crippen LogP contribution in [0.3, 0.4) is 0 Å². The molecule has 0 aliphatic rings. The number of hydrogen-bond donors (Lipinski definition) is 10. The molecule has 0 aliphatic carbocycles. The second-order valence-electron chi connectivity index (χ2n) is 19.0. The Bertz CT molecular complexity index is 3940. The van der Waals surface area contributed by atoms with Crippen LogP contribution < -0.4 is 48.3 Å². The number of hydrogen-bond acceptors (Lipinski definition) is 11. The van der Waals surface area contributed by atoms with Crippen molar-refractivity contribution in [3.8, 4) is 11.5 Å². The van der Waals surface area contributed by atoms with Gasteiger partial charge < -0.3 is 85.2 Å². The van der Waals surface area contributed by atoms with E-state index in [1.807, 2.05) is 11.6 Å². The lowest BCUT2D eigenvalue weighted by atomic mass is 10.2. The number of fused-ring (bicyclic) bond motifs is 1. The number of benzene rings is 1. The van der Waals surface area contributed by atoms with E-state index in [-0.39, 0.29) is 53.4 Å². The summed E-state index contributed by atoms with van der Waals surface area (Å²) in [5.41, 5.74) is 12.0. The van der Waals surface area contributed by atoms with Crippen LogP contribution in [0.4, 0.5) is 34.1 Å². The molecule has 11 N–H and O–H groups in total. The lowest BCUT2D eigenvalue weighted by Gasteiger charge is -2.12. The monoisotopic (exact) mass is 1090 g/mol. The highest BCUT2D eigenvalue weighted by atomic mass is 16.2. The summed E-state index contributed by atoms with van der Waals surface area (Å²) in [6.45, 7) is 0.0389. The van der Waals surface area contributed by atoms with E-state index in [0.717, 1.165) is 0 Å². The Morgan fingerprint density at radius 3 is 1.44 bits per heavy atom. The summed E-state index contributed by atoms with van der Waals surface area (Å²) in [7, 11) is 13.3. The summed E-state index contributed by atoms with van der Waals surface area (Å²) >= 11 is 0. The van der Waals surface area contributed by atoms with Gasteiger partial charge in [0.05, 0.1) is 56.9 Å². The smallest absolute Gasteiger partial charge is 0.291 e. The largest absolute Gasteiger partial charge is 0.354 e. The maximum Gasteiger partial charge on any atom is 0.291 e. The Hall–Kier alpha value is -10.7. The zero-order valence-electron chi connectivity index (χ0n) is 44.7. The van der Waals surface area contributed by atoms with Crippen LogP contribution in [0, 0.1) is 0 Å². The molecule has 80 heavy (non-hydrogen) atoms. The molecule has 0 saturated carbocycles. The highest BCUT2D eigenvalue weighted by Gasteiger charge is 2.23. The van der Waals surface area contributed by atoms with Crippen LogP contribution in [0.25, 0.3) is 22.6 Å². The number of carbonyl (C=O) groups excluding carboxylic acids is 8. The molecule has 8 amide bonds. The van der Waals surface area contributed by atoms with E-state index >= 15 is 0 Å². The molecule has 9 rings (SSSR count). The van der Waals surface area contributed by atoms with Gasteiger partial charge in [0, 0.05) is 118 Å². The van der Waals surface area contributed by atoms with Crippen molar-refractivity contribution in [2.24, 2.45) is 55.1 Å². The quantitative estimate of drug-likeness (QED) is 0.0591. The fourth-order valence-electron chi connectivity index (χ4n) is 8.92. The first-order chi connectivity index (χ1) is 38.1. The predicted molar refractivity (Wildman–Crippen MR) is 297 cm³/mol. The van der Waals surface area contributed by atoms with Gasteiger partial charge in [0.15, 0.2) is 11.6 Å². The Balaban J connectivity index is 0.728. The molecule has 1 aromatic carbocycles. The standard InChI is InChI=1S/C53H57N19O8/c1-55-48(75)39-17-32(25-68(39)4)60-51(78)42-20-34(27-71(42)7)62-52(79)43-21-33(26-72(43)8)61-50(77)41-19-31(24-70(41)6)59-47(74)35(54)11-12-57-49(76)40-18-30(23-69(40)5)58-46(73)28-9-10-36-37(15-28)65-44(64-36)38-16-29(22-67(38)3)63-53(80)45-56-13-14-66(45)2/h9-10,13-27,35H,11-12,54H2,1-8H3,(H,55,75)(H,57,76)(H,58,73)(H,59,74)(H,60,78)(H,61,77)(H,62,79)(H,63,80)(H,64,65)/t35-/m1/s1. The molecular weight excluding hydrogens is 1030 g/mol. The molecule has 27 nitrogen and oxygen atoms in total. The van der Waals surface area contributed by atoms with Gasteiger partial charge in [0.2, 0.25) is 5.91 Å². The third-order valence-corrected chi connectivity index (χ3v) is 13.1. The van der Waals surface area contributed by atoms with E-state index < -0.39 is 41.5 Å². The van der Waals surface area contributed by atoms with Gasteiger partial charge in [-0.2, -0.15) is 0 Å². The molecule has 0 bridgehead atoms. The predicted octanol–water partition coefficient (Wildman–Crippen LogP) is 3.70. The molecule has 0 radical (unpaired) electrons. The first kappa shape index (κ1) is 54.1. The van der Waals surface area contributed by atoms with Crippen molar-refractivity contribution in [3.63, 3.8) is 0 Å². The Morgan fingerprint density at radius 1 is 0.512 bits per heavy atom. The van der Waals surface area contributed by atoms with Crippen molar-refractivity contribution < 1.29 is 38.4 Å². The Labute approximate surface area is 455 Å². The molecule has 0 fully saturated rings. The molecule has 8 aromatic heterocycles. The minimum absolute atomic E-state index is 0.0389. The normalized spacial score (nSPS) is 11.5. The number of carbonyl (C=O) groups is 8. The molecule has 0 saturated heterocycles. The Morgan fingerprint density at radius 2 is 0.950 bits per heavy atom. The van der Waals surface area contributed by atoms with Crippen LogP contribution >= 0.6 is 0 Å². The molecule has 8 heterocycles. The second-order valence-corrected chi connectivity index (χ2v) is 19.0. The van der Waals surface area contributed by atoms with Crippen molar-refractivity contribution in [1.82, 2.24) is 57.6 Å². The first-order valence-electron chi connectivity index (χ1n) is 24.7. The van der Waals surface area contributed by atoms with Crippen LogP contribution in [0.5, 0.6) is 0 Å². The third kappa shape index (κ3) is 11.5. The average Bonchev–Trinajstić information content (AvgIpc) is 4.33. The Kier molecular flexibility index (Phi) is 14.9. The summed E-state index contributed by atoms with van der Waals surface area (Å²) in [4.78, 5) is 117. The summed E-state index contributed by atoms with van der Waals surface area (Å²) in [6.07, 6.45) is 12.9. The minimum atomic E-state index is -1.04. The first-order valence-corrected chi connectivity index (χ1v) is 24.7. The number of aromatic amines is 1. The van der Waals surface area contributed by atoms with E-state index in [9.17, 15) is 38.4 Å². The van der Waals surface area contributed by atoms with Crippen LogP contribution in [0.2, 0.25) is 0 Å². The highest BCUT2D eigenvalue weighted by Crippen LogP contribution is 2.27. The van der Waals surface area contributed by atoms with Crippen molar-refractivity contribution >= 4 is 92.4 Å². The molecule has 0 spiro atoms. The molecular formula is C53H57N19O8. The molecule has 412 valence electrons. The van der Waals surface area contributed by atoms with Crippen LogP contribution in [-0.4, -0.2) is 114 Å². The maximum atomic E-state index is 13.4. The van der Waals surface area contributed by atoms with Gasteiger partial charge >= 0.3 is 0 Å². The lowest BCUT2D eigenvalue weighted by Crippen LogP contribution is -2.39. The second kappa shape index (κ2) is 22.1. The van der Waals surface area contributed by atoms with Crippen molar-refractivity contribution in [2.75, 3.05) is 45.5 Å². The fourth-order valence-corrected chi connectivity index (χ4v) is 8.92. The van der Waals surface area contributed by atoms with E-state index in [4.69, 9.17) is 5.73 Å². The number of imidazole rings is 2. The number of nitrogens with one attached hydrogen (secondary N) is 9. The van der Waals surface area contributed by atoms with Gasteiger partial charge in [-0.3, -0.25) is 38.4 Å². The molecule has 0 unspecified atom stereocenters. The number of aryl methyl sites for hydroxylation is 7. The number of rotatable bonds is 18. The number of anilines is 6. The molecule has 9 aromatic rings. The lowest BCUT2D eigenvalue weighted by molar-refractivity contribution is -0.117. The van der Waals surface area contributed by atoms with Gasteiger partial charge in [0.25, 0.3) is 41.4 Å². The van der Waals surface area contributed by atoms with E-state index in [2.05, 4.69) is 57.5 Å². The topological polar surface area (TPSA) is 335 Å². The van der Waals surface area contributed by atoms with E-state index in [1.165, 1.54) is 46.6 Å². The van der Waals surface area contributed by atoms with Gasteiger partial charge in [-0.1, -0.05) is 0 Å². The van der Waals surface area contributed by atoms with Crippen LogP contribution in [0.1, 0.15) is 79.8 Å². The number of H-pyrrole nitrogens is 1. The summed E-state index contributed by atoms with van der Waals surface area (Å²) in [5.74, 6) is -2.83. The molecule has 27 heteroatoms. The summed E-state index contributed by atoms with van der Waals surface area (Å²) < 4.78 is 11.2. The van der Waals surface area contributed by atoms with Crippen molar-refractivity contribution in [3.05, 3.63) is 144 Å². The molecule has 1 atom stereocenters. The number of nitrogens with two attached hydrogens (primary N) is 1. The number of aromatic nitrogens is 10. The van der Waals surface area contributed by atoms with Gasteiger partial charge in [-0.15, -0.1) is 0 Å². The van der Waals surface area contributed by atoms with Crippen molar-refractivity contribution in [1.29, 1.82) is 0 Å². The van der Waals surface area contributed by atoms with Gasteiger partial charge in [-0.25, -0.2) is 9.97 Å². The fraction of sp³-hybridized carbons (Fsp3) is 0.208. The zero-order chi connectivity index (χ0) is 57.3. The number of nitrogens with zero attached hydrogens (tertiary/aromatic N) is 9. The van der Waals surface area contributed by atoms with Crippen molar-refractivity contribution in [2.45, 2.75) is 12.5 Å². The summed E-state index contributed by atoms with van der Waals surface area (Å²) in [5, 5.41) is 22.0. The van der Waals surface area contributed by atoms with Gasteiger partial charge in [-0.05, 0) is 61.0 Å². The minimum Gasteiger partial charge on any atom is -0.354 e. The number of amides is 8. The van der Waals surface area contributed by atoms with Crippen LogP contribution in [0.15, 0.2) is 104 Å². The summed E-state index contributed by atoms with van der Waals surface area (Å²) in [6, 6.07) is 13.3. The third-order valence-electron chi connectivity index (χ3n) is 13.1. The highest BCUT2D eigenvalue weighted by molar-refractivity contribution is 6.10. The maximum absolute atomic E-state index is 13.4. The van der Waals surface area contributed by atoms with E-state index in [1.54, 1.807) is 134 Å². The SMILES string of the molecule is CNC(=O)c1cc(NC(=O)c2cc(NC(=O)c3cc(NC(=O)c4cc(NC(=O)[C@H](N)CCNC(=O)c5cc(NC(=O)c6ccc7nc(-c8cc(NC(=O)c9nccn9C)cn8C)[nH]c7c6)cn5C)cn4C)cn3C)cn2C)cn1C. The average molecular weight is 1090 g/mol.